The second-order valence-electron chi connectivity index (χ2n) is 4.84. The fourth-order valence-electron chi connectivity index (χ4n) is 2.08. The third-order valence-corrected chi connectivity index (χ3v) is 3.01. The van der Waals surface area contributed by atoms with Gasteiger partial charge in [0.15, 0.2) is 11.5 Å². The molecule has 6 heteroatoms. The summed E-state index contributed by atoms with van der Waals surface area (Å²) in [5, 5.41) is 2.77. The van der Waals surface area contributed by atoms with Gasteiger partial charge in [0, 0.05) is 6.04 Å². The zero-order valence-electron chi connectivity index (χ0n) is 13.5. The van der Waals surface area contributed by atoms with E-state index in [1.807, 2.05) is 25.1 Å². The molecule has 0 heterocycles. The van der Waals surface area contributed by atoms with Crippen molar-refractivity contribution in [3.63, 3.8) is 0 Å². The normalized spacial score (nSPS) is 11.5. The quantitative estimate of drug-likeness (QED) is 0.584. The van der Waals surface area contributed by atoms with Crippen molar-refractivity contribution in [2.75, 3.05) is 20.8 Å². The topological polar surface area (TPSA) is 73.9 Å². The van der Waals surface area contributed by atoms with Crippen LogP contribution < -0.4 is 14.8 Å². The molecule has 0 spiro atoms. The Morgan fingerprint density at radius 1 is 1.18 bits per heavy atom. The van der Waals surface area contributed by atoms with E-state index in [0.717, 1.165) is 5.56 Å². The first-order chi connectivity index (χ1) is 10.5. The number of carbonyl (C=O) groups excluding carboxylic acids is 2. The molecule has 1 rings (SSSR count). The molecular weight excluding hydrogens is 286 g/mol. The van der Waals surface area contributed by atoms with Crippen molar-refractivity contribution in [2.24, 2.45) is 0 Å². The molecule has 0 bridgehead atoms. The lowest BCUT2D eigenvalue weighted by Gasteiger charge is -2.15. The summed E-state index contributed by atoms with van der Waals surface area (Å²) >= 11 is 0. The Kier molecular flexibility index (Phi) is 7.22. The fourth-order valence-corrected chi connectivity index (χ4v) is 2.08. The molecule has 22 heavy (non-hydrogen) atoms. The number of rotatable bonds is 8. The summed E-state index contributed by atoms with van der Waals surface area (Å²) in [6.07, 6.45) is 0.360. The fraction of sp³-hybridized carbons (Fsp3) is 0.500. The first-order valence-electron chi connectivity index (χ1n) is 7.16. The van der Waals surface area contributed by atoms with Gasteiger partial charge < -0.3 is 19.5 Å². The van der Waals surface area contributed by atoms with E-state index >= 15 is 0 Å². The molecule has 1 amide bonds. The van der Waals surface area contributed by atoms with Gasteiger partial charge in [-0.2, -0.15) is 0 Å². The first-order valence-corrected chi connectivity index (χ1v) is 7.16. The molecule has 1 aromatic rings. The van der Waals surface area contributed by atoms with Crippen molar-refractivity contribution < 1.29 is 23.8 Å². The summed E-state index contributed by atoms with van der Waals surface area (Å²) in [6, 6.07) is 5.49. The number of amides is 1. The molecule has 122 valence electrons. The van der Waals surface area contributed by atoms with Gasteiger partial charge in [0.2, 0.25) is 5.91 Å². The van der Waals surface area contributed by atoms with Gasteiger partial charge in [0.05, 0.1) is 20.8 Å². The molecule has 0 saturated heterocycles. The zero-order chi connectivity index (χ0) is 16.5. The average molecular weight is 309 g/mol. The first kappa shape index (κ1) is 17.8. The van der Waals surface area contributed by atoms with Crippen LogP contribution in [0.3, 0.4) is 0 Å². The highest BCUT2D eigenvalue weighted by atomic mass is 16.5. The number of methoxy groups -OCH3 is 2. The smallest absolute Gasteiger partial charge is 0.315 e. The third kappa shape index (κ3) is 5.63. The van der Waals surface area contributed by atoms with E-state index in [2.05, 4.69) is 5.32 Å². The molecule has 0 aliphatic heterocycles. The van der Waals surface area contributed by atoms with Crippen molar-refractivity contribution in [1.29, 1.82) is 0 Å². The highest BCUT2D eigenvalue weighted by Crippen LogP contribution is 2.27. The summed E-state index contributed by atoms with van der Waals surface area (Å²) in [5.74, 6) is 0.444. The monoisotopic (exact) mass is 309 g/mol. The van der Waals surface area contributed by atoms with Gasteiger partial charge in [0.1, 0.15) is 6.42 Å². The number of hydrogen-bond donors (Lipinski definition) is 1. The van der Waals surface area contributed by atoms with Gasteiger partial charge in [-0.3, -0.25) is 9.59 Å². The van der Waals surface area contributed by atoms with Crippen molar-refractivity contribution in [2.45, 2.75) is 32.7 Å². The predicted molar refractivity (Wildman–Crippen MR) is 82.1 cm³/mol. The van der Waals surface area contributed by atoms with Gasteiger partial charge in [-0.05, 0) is 38.0 Å². The summed E-state index contributed by atoms with van der Waals surface area (Å²) in [6.45, 7) is 3.85. The second-order valence-corrected chi connectivity index (χ2v) is 4.84. The lowest BCUT2D eigenvalue weighted by molar-refractivity contribution is -0.146. The Balaban J connectivity index is 2.56. The van der Waals surface area contributed by atoms with Crippen LogP contribution in [0, 0.1) is 0 Å². The van der Waals surface area contributed by atoms with Crippen molar-refractivity contribution in [1.82, 2.24) is 5.32 Å². The summed E-state index contributed by atoms with van der Waals surface area (Å²) in [4.78, 5) is 22.9. The van der Waals surface area contributed by atoms with Crippen LogP contribution in [0.1, 0.15) is 25.8 Å². The predicted octanol–water partition coefficient (Wildman–Crippen LogP) is 1.70. The van der Waals surface area contributed by atoms with E-state index < -0.39 is 5.97 Å². The van der Waals surface area contributed by atoms with Gasteiger partial charge in [-0.1, -0.05) is 6.07 Å². The van der Waals surface area contributed by atoms with Crippen LogP contribution in [0.5, 0.6) is 11.5 Å². The number of benzene rings is 1. The molecule has 0 radical (unpaired) electrons. The maximum absolute atomic E-state index is 11.7. The second kappa shape index (κ2) is 8.92. The zero-order valence-corrected chi connectivity index (χ0v) is 13.5. The van der Waals surface area contributed by atoms with E-state index in [-0.39, 0.29) is 25.0 Å². The standard InChI is InChI=1S/C16H23NO5/c1-5-22-16(19)10-15(18)17-11(2)8-12-6-7-13(20-3)14(9-12)21-4/h6-7,9,11H,5,8,10H2,1-4H3,(H,17,18)/t11-/m1/s1. The molecule has 0 aromatic heterocycles. The number of ether oxygens (including phenoxy) is 3. The molecule has 1 atom stereocenters. The van der Waals surface area contributed by atoms with Gasteiger partial charge in [-0.15, -0.1) is 0 Å². The largest absolute Gasteiger partial charge is 0.493 e. The van der Waals surface area contributed by atoms with Crippen LogP contribution in [-0.2, 0) is 20.7 Å². The number of esters is 1. The minimum Gasteiger partial charge on any atom is -0.493 e. The van der Waals surface area contributed by atoms with Crippen LogP contribution >= 0.6 is 0 Å². The van der Waals surface area contributed by atoms with Crippen LogP contribution in [0.4, 0.5) is 0 Å². The maximum atomic E-state index is 11.7. The van der Waals surface area contributed by atoms with E-state index in [9.17, 15) is 9.59 Å². The van der Waals surface area contributed by atoms with Crippen molar-refractivity contribution in [3.8, 4) is 11.5 Å². The SMILES string of the molecule is CCOC(=O)CC(=O)N[C@H](C)Cc1ccc(OC)c(OC)c1. The van der Waals surface area contributed by atoms with Gasteiger partial charge in [0.25, 0.3) is 0 Å². The summed E-state index contributed by atoms with van der Waals surface area (Å²) in [7, 11) is 3.15. The van der Waals surface area contributed by atoms with Crippen LogP contribution in [0.2, 0.25) is 0 Å². The average Bonchev–Trinajstić information content (AvgIpc) is 2.46. The van der Waals surface area contributed by atoms with Gasteiger partial charge >= 0.3 is 5.97 Å². The molecular formula is C16H23NO5. The molecule has 0 fully saturated rings. The Morgan fingerprint density at radius 2 is 1.86 bits per heavy atom. The number of nitrogens with one attached hydrogen (secondary N) is 1. The Morgan fingerprint density at radius 3 is 2.45 bits per heavy atom. The van der Waals surface area contributed by atoms with Crippen LogP contribution in [0.15, 0.2) is 18.2 Å². The number of hydrogen-bond acceptors (Lipinski definition) is 5. The maximum Gasteiger partial charge on any atom is 0.315 e. The highest BCUT2D eigenvalue weighted by molar-refractivity contribution is 5.94. The molecule has 1 N–H and O–H groups in total. The lowest BCUT2D eigenvalue weighted by Crippen LogP contribution is -2.35. The highest BCUT2D eigenvalue weighted by Gasteiger charge is 2.14. The molecule has 0 aliphatic rings. The summed E-state index contributed by atoms with van der Waals surface area (Å²) in [5.41, 5.74) is 1.00. The Bertz CT molecular complexity index is 515. The Labute approximate surface area is 130 Å². The number of carbonyl (C=O) groups is 2. The van der Waals surface area contributed by atoms with E-state index in [4.69, 9.17) is 14.2 Å². The third-order valence-electron chi connectivity index (χ3n) is 3.01. The molecule has 0 saturated carbocycles. The summed E-state index contributed by atoms with van der Waals surface area (Å²) < 4.78 is 15.2. The van der Waals surface area contributed by atoms with Crippen molar-refractivity contribution >= 4 is 11.9 Å². The van der Waals surface area contributed by atoms with Crippen LogP contribution in [-0.4, -0.2) is 38.7 Å². The molecule has 6 nitrogen and oxygen atoms in total. The molecule has 0 aliphatic carbocycles. The van der Waals surface area contributed by atoms with Gasteiger partial charge in [-0.25, -0.2) is 0 Å². The van der Waals surface area contributed by atoms with E-state index in [1.165, 1.54) is 0 Å². The van der Waals surface area contributed by atoms with E-state index in [0.29, 0.717) is 17.9 Å². The molecule has 0 unspecified atom stereocenters. The van der Waals surface area contributed by atoms with E-state index in [1.54, 1.807) is 21.1 Å². The molecule has 1 aromatic carbocycles. The Hall–Kier alpha value is -2.24. The minimum absolute atomic E-state index is 0.111. The minimum atomic E-state index is -0.515. The van der Waals surface area contributed by atoms with Crippen molar-refractivity contribution in [3.05, 3.63) is 23.8 Å². The lowest BCUT2D eigenvalue weighted by atomic mass is 10.1. The van der Waals surface area contributed by atoms with Crippen LogP contribution in [0.25, 0.3) is 0 Å².